The highest BCUT2D eigenvalue weighted by Crippen LogP contribution is 2.37. The molecular formula is C13H5F6. The second-order valence-electron chi connectivity index (χ2n) is 3.70. The maximum atomic E-state index is 13.5. The van der Waals surface area contributed by atoms with Crippen LogP contribution in [0.4, 0.5) is 26.3 Å². The minimum absolute atomic E-state index is 0.206. The maximum absolute atomic E-state index is 13.5. The van der Waals surface area contributed by atoms with Crippen molar-refractivity contribution >= 4 is 0 Å². The van der Waals surface area contributed by atoms with Crippen molar-refractivity contribution in [3.05, 3.63) is 59.4 Å². The second-order valence-corrected chi connectivity index (χ2v) is 3.70. The van der Waals surface area contributed by atoms with Gasteiger partial charge in [0.15, 0.2) is 11.6 Å². The van der Waals surface area contributed by atoms with E-state index in [1.54, 1.807) is 0 Å². The van der Waals surface area contributed by atoms with Crippen molar-refractivity contribution < 1.29 is 26.3 Å². The predicted molar refractivity (Wildman–Crippen MR) is 55.6 cm³/mol. The van der Waals surface area contributed by atoms with E-state index < -0.39 is 40.3 Å². The Morgan fingerprint density at radius 2 is 1.47 bits per heavy atom. The van der Waals surface area contributed by atoms with Crippen LogP contribution >= 0.6 is 0 Å². The van der Waals surface area contributed by atoms with Gasteiger partial charge < -0.3 is 0 Å². The molecule has 0 unspecified atom stereocenters. The van der Waals surface area contributed by atoms with Gasteiger partial charge in [0, 0.05) is 11.6 Å². The van der Waals surface area contributed by atoms with Crippen LogP contribution in [0.3, 0.4) is 0 Å². The first-order valence-corrected chi connectivity index (χ1v) is 5.03. The number of alkyl halides is 3. The van der Waals surface area contributed by atoms with Crippen molar-refractivity contribution in [2.45, 2.75) is 6.18 Å². The van der Waals surface area contributed by atoms with Crippen molar-refractivity contribution in [2.75, 3.05) is 0 Å². The summed E-state index contributed by atoms with van der Waals surface area (Å²) in [7, 11) is 0. The molecule has 2 rings (SSSR count). The van der Waals surface area contributed by atoms with Crippen LogP contribution < -0.4 is 0 Å². The lowest BCUT2D eigenvalue weighted by Crippen LogP contribution is -2.08. The molecule has 0 heterocycles. The van der Waals surface area contributed by atoms with Crippen LogP contribution in [0.5, 0.6) is 0 Å². The van der Waals surface area contributed by atoms with Crippen LogP contribution in [-0.4, -0.2) is 0 Å². The molecule has 0 spiro atoms. The van der Waals surface area contributed by atoms with E-state index in [2.05, 4.69) is 0 Å². The van der Waals surface area contributed by atoms with Gasteiger partial charge in [0.05, 0.1) is 5.56 Å². The quantitative estimate of drug-likeness (QED) is 0.527. The van der Waals surface area contributed by atoms with Gasteiger partial charge in [-0.15, -0.1) is 0 Å². The summed E-state index contributed by atoms with van der Waals surface area (Å²) in [6, 6.07) is 5.70. The van der Waals surface area contributed by atoms with E-state index in [4.69, 9.17) is 0 Å². The molecule has 0 saturated heterocycles. The average Bonchev–Trinajstić information content (AvgIpc) is 2.33. The van der Waals surface area contributed by atoms with Gasteiger partial charge in [-0.05, 0) is 17.7 Å². The van der Waals surface area contributed by atoms with Crippen LogP contribution in [0.15, 0.2) is 30.3 Å². The Morgan fingerprint density at radius 1 is 0.842 bits per heavy atom. The molecule has 0 fully saturated rings. The molecule has 1 radical (unpaired) electrons. The zero-order valence-corrected chi connectivity index (χ0v) is 9.15. The van der Waals surface area contributed by atoms with Crippen molar-refractivity contribution in [3.8, 4) is 11.1 Å². The Bertz CT molecular complexity index is 615. The third kappa shape index (κ3) is 2.57. The summed E-state index contributed by atoms with van der Waals surface area (Å²) < 4.78 is 77.5. The molecule has 0 aromatic heterocycles. The first kappa shape index (κ1) is 13.5. The lowest BCUT2D eigenvalue weighted by molar-refractivity contribution is -0.137. The highest BCUT2D eigenvalue weighted by atomic mass is 19.4. The molecule has 6 heteroatoms. The fourth-order valence-corrected chi connectivity index (χ4v) is 1.62. The minimum Gasteiger partial charge on any atom is -0.206 e. The fraction of sp³-hybridized carbons (Fsp3) is 0.0769. The van der Waals surface area contributed by atoms with Gasteiger partial charge in [0.25, 0.3) is 0 Å². The highest BCUT2D eigenvalue weighted by molar-refractivity contribution is 5.68. The van der Waals surface area contributed by atoms with Gasteiger partial charge in [0.1, 0.15) is 5.82 Å². The molecule has 0 atom stereocenters. The highest BCUT2D eigenvalue weighted by Gasteiger charge is 2.34. The predicted octanol–water partition coefficient (Wildman–Crippen LogP) is 4.59. The SMILES string of the molecule is Fc1cc(F)c(-c2ccc[c]c2C(F)(F)F)cc1F. The molecule has 0 amide bonds. The zero-order valence-electron chi connectivity index (χ0n) is 9.15. The smallest absolute Gasteiger partial charge is 0.206 e. The van der Waals surface area contributed by atoms with Gasteiger partial charge in [-0.2, -0.15) is 13.2 Å². The van der Waals surface area contributed by atoms with Crippen molar-refractivity contribution in [1.29, 1.82) is 0 Å². The van der Waals surface area contributed by atoms with Gasteiger partial charge in [-0.1, -0.05) is 18.2 Å². The third-order valence-electron chi connectivity index (χ3n) is 2.44. The summed E-state index contributed by atoms with van der Waals surface area (Å²) in [6.45, 7) is 0. The summed E-state index contributed by atoms with van der Waals surface area (Å²) in [5.74, 6) is -4.16. The van der Waals surface area contributed by atoms with E-state index >= 15 is 0 Å². The van der Waals surface area contributed by atoms with Crippen molar-refractivity contribution in [3.63, 3.8) is 0 Å². The van der Waals surface area contributed by atoms with E-state index in [1.165, 1.54) is 6.07 Å². The Labute approximate surface area is 104 Å². The molecular weight excluding hydrogens is 270 g/mol. The summed E-state index contributed by atoms with van der Waals surface area (Å²) in [4.78, 5) is 0. The molecule has 2 aromatic rings. The Kier molecular flexibility index (Phi) is 3.26. The molecule has 2 aromatic carbocycles. The van der Waals surface area contributed by atoms with Crippen LogP contribution in [-0.2, 0) is 6.18 Å². The fourth-order valence-electron chi connectivity index (χ4n) is 1.62. The van der Waals surface area contributed by atoms with Gasteiger partial charge in [0.2, 0.25) is 0 Å². The lowest BCUT2D eigenvalue weighted by Gasteiger charge is -2.13. The molecule has 0 bridgehead atoms. The molecule has 0 aliphatic heterocycles. The topological polar surface area (TPSA) is 0 Å². The van der Waals surface area contributed by atoms with E-state index in [0.717, 1.165) is 12.1 Å². The number of benzene rings is 2. The van der Waals surface area contributed by atoms with E-state index in [-0.39, 0.29) is 6.07 Å². The second kappa shape index (κ2) is 4.60. The molecule has 0 nitrogen and oxygen atoms in total. The zero-order chi connectivity index (χ0) is 14.2. The molecule has 0 aliphatic carbocycles. The van der Waals surface area contributed by atoms with Gasteiger partial charge in [-0.3, -0.25) is 0 Å². The third-order valence-corrected chi connectivity index (χ3v) is 2.44. The summed E-state index contributed by atoms with van der Waals surface area (Å²) in [5.41, 5.74) is -2.49. The molecule has 19 heavy (non-hydrogen) atoms. The number of hydrogen-bond donors (Lipinski definition) is 0. The number of hydrogen-bond acceptors (Lipinski definition) is 0. The van der Waals surface area contributed by atoms with Crippen LogP contribution in [0.25, 0.3) is 11.1 Å². The Morgan fingerprint density at radius 3 is 2.11 bits per heavy atom. The van der Waals surface area contributed by atoms with Crippen molar-refractivity contribution in [1.82, 2.24) is 0 Å². The van der Waals surface area contributed by atoms with Crippen LogP contribution in [0.2, 0.25) is 0 Å². The average molecular weight is 275 g/mol. The molecule has 99 valence electrons. The summed E-state index contributed by atoms with van der Waals surface area (Å²) in [6.07, 6.45) is -4.77. The van der Waals surface area contributed by atoms with E-state index in [9.17, 15) is 26.3 Å². The Balaban J connectivity index is 2.70. The number of rotatable bonds is 1. The first-order chi connectivity index (χ1) is 8.80. The first-order valence-electron chi connectivity index (χ1n) is 5.03. The minimum atomic E-state index is -4.77. The monoisotopic (exact) mass is 275 g/mol. The maximum Gasteiger partial charge on any atom is 0.417 e. The Hall–Kier alpha value is -1.98. The largest absolute Gasteiger partial charge is 0.417 e. The van der Waals surface area contributed by atoms with E-state index in [0.29, 0.717) is 6.07 Å². The van der Waals surface area contributed by atoms with Crippen molar-refractivity contribution in [2.24, 2.45) is 0 Å². The molecule has 0 saturated carbocycles. The number of halogens is 6. The normalized spacial score (nSPS) is 11.7. The van der Waals surface area contributed by atoms with Gasteiger partial charge >= 0.3 is 6.18 Å². The lowest BCUT2D eigenvalue weighted by atomic mass is 9.98. The molecule has 0 N–H and O–H groups in total. The van der Waals surface area contributed by atoms with E-state index in [1.807, 2.05) is 6.07 Å². The summed E-state index contributed by atoms with van der Waals surface area (Å²) in [5, 5.41) is 0. The molecule has 0 aliphatic rings. The summed E-state index contributed by atoms with van der Waals surface area (Å²) >= 11 is 0. The van der Waals surface area contributed by atoms with Gasteiger partial charge in [-0.25, -0.2) is 13.2 Å². The van der Waals surface area contributed by atoms with Crippen LogP contribution in [0.1, 0.15) is 5.56 Å². The van der Waals surface area contributed by atoms with Crippen LogP contribution in [0, 0.1) is 23.5 Å². The standard InChI is InChI=1S/C13H5F6/c14-10-6-12(16)11(15)5-8(10)7-3-1-2-4-9(7)13(17,18)19/h1-3,5-6H.